The smallest absolute Gasteiger partial charge is 0.199 e. The Balaban J connectivity index is 0.000000200. The van der Waals surface area contributed by atoms with Crippen molar-refractivity contribution in [3.05, 3.63) is 119 Å². The highest BCUT2D eigenvalue weighted by atomic mass is 16.7. The minimum atomic E-state index is -0.112. The molecule has 0 aromatic heterocycles. The van der Waals surface area contributed by atoms with Gasteiger partial charge in [0.2, 0.25) is 0 Å². The Morgan fingerprint density at radius 3 is 0.897 bits per heavy atom. The first-order valence-electron chi connectivity index (χ1n) is 21.9. The number of phenolic OH excluding ortho intramolecular Hbond substituents is 1. The molecule has 3 fully saturated rings. The summed E-state index contributed by atoms with van der Waals surface area (Å²) in [6.45, 7) is 11.2. The largest absolute Gasteiger partial charge is 0.508 e. The first-order valence-corrected chi connectivity index (χ1v) is 21.9. The predicted molar refractivity (Wildman–Crippen MR) is 235 cm³/mol. The average molecular weight is 789 g/mol. The summed E-state index contributed by atoms with van der Waals surface area (Å²) in [5.74, 6) is 2.91. The van der Waals surface area contributed by atoms with Crippen LogP contribution in [0, 0.1) is 0 Å². The number of benzene rings is 4. The number of aromatic hydroxyl groups is 1. The second kappa shape index (κ2) is 22.6. The average Bonchev–Trinajstić information content (AvgIpc) is 3.27. The standard InChI is InChI=1S/C28H36O4.C23H28O3/c1-3-25(21-11-15-23(16-12-21)31-27-9-5-7-19-29-27)26(4-2)22-13-17-24(18-14-22)32-28-10-6-8-20-30-28;1-3-21(17-8-12-19(24)13-9-17)22(4-2)18-10-14-20(15-11-18)26-23-7-5-6-16-25-23/h11-18,27-28H,3-10,19-20H2,1-2H3;8-15,23-24H,3-7,16H2,1-2H3/b26-25+;22-21+. The van der Waals surface area contributed by atoms with Crippen LogP contribution in [-0.4, -0.2) is 43.8 Å². The van der Waals surface area contributed by atoms with Crippen molar-refractivity contribution in [2.24, 2.45) is 0 Å². The second-order valence-electron chi connectivity index (χ2n) is 15.2. The SMILES string of the molecule is CC/C(=C(/CC)c1ccc(OC2CCCCO2)cc1)c1ccc(O)cc1.CC/C(=C(/CC)c1ccc(OC2CCCCO2)cc1)c1ccc(OC2CCCCO2)cc1. The zero-order chi connectivity index (χ0) is 40.5. The van der Waals surface area contributed by atoms with Gasteiger partial charge in [-0.05, 0) is 157 Å². The van der Waals surface area contributed by atoms with Gasteiger partial charge in [-0.3, -0.25) is 0 Å². The van der Waals surface area contributed by atoms with Gasteiger partial charge in [0, 0.05) is 19.3 Å². The summed E-state index contributed by atoms with van der Waals surface area (Å²) in [5, 5.41) is 9.55. The first-order chi connectivity index (χ1) is 28.5. The van der Waals surface area contributed by atoms with E-state index in [0.717, 1.165) is 113 Å². The molecule has 0 aliphatic carbocycles. The molecule has 3 aliphatic rings. The minimum Gasteiger partial charge on any atom is -0.508 e. The number of phenols is 1. The quantitative estimate of drug-likeness (QED) is 0.128. The van der Waals surface area contributed by atoms with Crippen LogP contribution in [0.2, 0.25) is 0 Å². The van der Waals surface area contributed by atoms with Crippen LogP contribution in [0.25, 0.3) is 22.3 Å². The van der Waals surface area contributed by atoms with Crippen molar-refractivity contribution >= 4 is 22.3 Å². The van der Waals surface area contributed by atoms with Gasteiger partial charge in [0.15, 0.2) is 18.9 Å². The van der Waals surface area contributed by atoms with Gasteiger partial charge in [-0.2, -0.15) is 0 Å². The number of hydrogen-bond donors (Lipinski definition) is 1. The second-order valence-corrected chi connectivity index (χ2v) is 15.2. The molecule has 3 atom stereocenters. The molecule has 3 heterocycles. The van der Waals surface area contributed by atoms with Crippen LogP contribution in [0.5, 0.6) is 23.0 Å². The molecule has 310 valence electrons. The van der Waals surface area contributed by atoms with Crippen LogP contribution in [0.4, 0.5) is 0 Å². The van der Waals surface area contributed by atoms with Gasteiger partial charge in [-0.1, -0.05) is 76.2 Å². The molecule has 3 unspecified atom stereocenters. The van der Waals surface area contributed by atoms with E-state index in [-0.39, 0.29) is 18.9 Å². The Morgan fingerprint density at radius 2 is 0.672 bits per heavy atom. The summed E-state index contributed by atoms with van der Waals surface area (Å²) in [4.78, 5) is 0. The molecule has 0 bridgehead atoms. The molecule has 0 radical (unpaired) electrons. The van der Waals surface area contributed by atoms with E-state index in [9.17, 15) is 5.11 Å². The zero-order valence-electron chi connectivity index (χ0n) is 35.2. The van der Waals surface area contributed by atoms with Crippen LogP contribution in [0.1, 0.15) is 133 Å². The maximum atomic E-state index is 9.55. The predicted octanol–water partition coefficient (Wildman–Crippen LogP) is 13.3. The van der Waals surface area contributed by atoms with Gasteiger partial charge in [0.05, 0.1) is 19.8 Å². The molecular formula is C51H64O7. The van der Waals surface area contributed by atoms with Crippen molar-refractivity contribution in [1.29, 1.82) is 0 Å². The van der Waals surface area contributed by atoms with Gasteiger partial charge in [0.25, 0.3) is 0 Å². The fourth-order valence-corrected chi connectivity index (χ4v) is 8.10. The van der Waals surface area contributed by atoms with Crippen LogP contribution in [0.3, 0.4) is 0 Å². The van der Waals surface area contributed by atoms with Crippen molar-refractivity contribution in [2.75, 3.05) is 19.8 Å². The fraction of sp³-hybridized carbons (Fsp3) is 0.451. The van der Waals surface area contributed by atoms with Crippen molar-refractivity contribution in [1.82, 2.24) is 0 Å². The van der Waals surface area contributed by atoms with E-state index < -0.39 is 0 Å². The summed E-state index contributed by atoms with van der Waals surface area (Å²) in [6, 6.07) is 32.8. The van der Waals surface area contributed by atoms with E-state index in [1.165, 1.54) is 51.8 Å². The van der Waals surface area contributed by atoms with E-state index in [2.05, 4.69) is 88.4 Å². The molecule has 7 heteroatoms. The van der Waals surface area contributed by atoms with E-state index >= 15 is 0 Å². The van der Waals surface area contributed by atoms with Gasteiger partial charge >= 0.3 is 0 Å². The Kier molecular flexibility index (Phi) is 16.7. The van der Waals surface area contributed by atoms with Crippen molar-refractivity contribution in [3.8, 4) is 23.0 Å². The van der Waals surface area contributed by atoms with E-state index in [4.69, 9.17) is 28.4 Å². The molecule has 4 aromatic carbocycles. The van der Waals surface area contributed by atoms with Crippen LogP contribution in [-0.2, 0) is 14.2 Å². The van der Waals surface area contributed by atoms with Crippen LogP contribution in [0.15, 0.2) is 97.1 Å². The maximum absolute atomic E-state index is 9.55. The summed E-state index contributed by atoms with van der Waals surface area (Å²) < 4.78 is 35.0. The third-order valence-electron chi connectivity index (χ3n) is 11.2. The molecule has 58 heavy (non-hydrogen) atoms. The Bertz CT molecular complexity index is 1790. The third-order valence-corrected chi connectivity index (χ3v) is 11.2. The third kappa shape index (κ3) is 12.2. The fourth-order valence-electron chi connectivity index (χ4n) is 8.10. The summed E-state index contributed by atoms with van der Waals surface area (Å²) >= 11 is 0. The highest BCUT2D eigenvalue weighted by Crippen LogP contribution is 2.35. The molecule has 0 amide bonds. The Morgan fingerprint density at radius 1 is 0.414 bits per heavy atom. The molecule has 0 saturated carbocycles. The van der Waals surface area contributed by atoms with Gasteiger partial charge in [0.1, 0.15) is 23.0 Å². The first kappa shape index (κ1) is 43.0. The lowest BCUT2D eigenvalue weighted by Gasteiger charge is -2.24. The number of ether oxygens (including phenoxy) is 6. The normalized spacial score (nSPS) is 20.4. The molecule has 7 nitrogen and oxygen atoms in total. The Labute approximate surface area is 347 Å². The van der Waals surface area contributed by atoms with E-state index in [1.807, 2.05) is 24.3 Å². The van der Waals surface area contributed by atoms with Crippen LogP contribution < -0.4 is 14.2 Å². The number of hydrogen-bond acceptors (Lipinski definition) is 7. The lowest BCUT2D eigenvalue weighted by Crippen LogP contribution is -2.24. The van der Waals surface area contributed by atoms with Gasteiger partial charge in [-0.25, -0.2) is 0 Å². The lowest BCUT2D eigenvalue weighted by atomic mass is 9.91. The van der Waals surface area contributed by atoms with Crippen LogP contribution >= 0.6 is 0 Å². The Hall–Kier alpha value is -4.56. The van der Waals surface area contributed by atoms with Gasteiger partial charge < -0.3 is 33.5 Å². The topological polar surface area (TPSA) is 75.6 Å². The minimum absolute atomic E-state index is 0.110. The summed E-state index contributed by atoms with van der Waals surface area (Å²) in [7, 11) is 0. The monoisotopic (exact) mass is 788 g/mol. The lowest BCUT2D eigenvalue weighted by molar-refractivity contribution is -0.106. The van der Waals surface area contributed by atoms with Crippen molar-refractivity contribution in [2.45, 2.75) is 130 Å². The summed E-state index contributed by atoms with van der Waals surface area (Å²) in [5.41, 5.74) is 10.3. The highest BCUT2D eigenvalue weighted by Gasteiger charge is 2.18. The highest BCUT2D eigenvalue weighted by molar-refractivity contribution is 5.91. The molecule has 3 aliphatic heterocycles. The molecule has 7 rings (SSSR count). The van der Waals surface area contributed by atoms with Gasteiger partial charge in [-0.15, -0.1) is 0 Å². The zero-order valence-corrected chi connectivity index (χ0v) is 35.2. The maximum Gasteiger partial charge on any atom is 0.199 e. The van der Waals surface area contributed by atoms with Crippen molar-refractivity contribution in [3.63, 3.8) is 0 Å². The molecule has 0 spiro atoms. The number of rotatable bonds is 14. The van der Waals surface area contributed by atoms with E-state index in [1.54, 1.807) is 12.1 Å². The van der Waals surface area contributed by atoms with Crippen molar-refractivity contribution < 1.29 is 33.5 Å². The number of allylic oxidation sites excluding steroid dienone is 4. The summed E-state index contributed by atoms with van der Waals surface area (Å²) in [6.07, 6.45) is 13.3. The molecule has 4 aromatic rings. The molecule has 3 saturated heterocycles. The van der Waals surface area contributed by atoms with E-state index in [0.29, 0.717) is 5.75 Å². The molecular weight excluding hydrogens is 725 g/mol. The molecule has 1 N–H and O–H groups in total.